The number of rotatable bonds is 3. The lowest BCUT2D eigenvalue weighted by atomic mass is 10.1. The first-order valence-corrected chi connectivity index (χ1v) is 6.31. The third kappa shape index (κ3) is 3.14. The molecule has 0 aromatic heterocycles. The largest absolute Gasteiger partial charge is 0.478 e. The minimum absolute atomic E-state index is 0.0673. The summed E-state index contributed by atoms with van der Waals surface area (Å²) in [5, 5.41) is 8.77. The number of benzene rings is 2. The first kappa shape index (κ1) is 13.6. The molecule has 0 aliphatic heterocycles. The Balaban J connectivity index is 2.36. The first-order valence-electron chi connectivity index (χ1n) is 5.23. The summed E-state index contributed by atoms with van der Waals surface area (Å²) in [7, 11) is 0. The fourth-order valence-corrected chi connectivity index (χ4v) is 2.00. The zero-order valence-corrected chi connectivity index (χ0v) is 11.7. The van der Waals surface area contributed by atoms with Crippen LogP contribution in [0.1, 0.15) is 10.4 Å². The van der Waals surface area contributed by atoms with Gasteiger partial charge in [0.1, 0.15) is 11.6 Å². The molecule has 0 radical (unpaired) electrons. The second-order valence-electron chi connectivity index (χ2n) is 3.73. The SMILES string of the molecule is Nc1cc(C(=O)O)c(F)cc1Oc1cccc(I)c1. The molecule has 2 aromatic carbocycles. The van der Waals surface area contributed by atoms with Crippen LogP contribution in [0, 0.1) is 9.39 Å². The quantitative estimate of drug-likeness (QED) is 0.638. The lowest BCUT2D eigenvalue weighted by Crippen LogP contribution is -2.03. The molecule has 0 unspecified atom stereocenters. The van der Waals surface area contributed by atoms with Crippen LogP contribution in [-0.2, 0) is 0 Å². The van der Waals surface area contributed by atoms with E-state index in [0.717, 1.165) is 15.7 Å². The molecule has 3 N–H and O–H groups in total. The summed E-state index contributed by atoms with van der Waals surface area (Å²) in [6, 6.07) is 9.13. The van der Waals surface area contributed by atoms with Gasteiger partial charge in [0.2, 0.25) is 0 Å². The Bertz CT molecular complexity index is 646. The van der Waals surface area contributed by atoms with Gasteiger partial charge < -0.3 is 15.6 Å². The molecule has 0 atom stereocenters. The Morgan fingerprint density at radius 3 is 2.68 bits per heavy atom. The standard InChI is InChI=1S/C13H9FINO3/c14-10-6-12(11(16)5-9(10)13(17)18)19-8-3-1-2-7(15)4-8/h1-6H,16H2,(H,17,18). The summed E-state index contributed by atoms with van der Waals surface area (Å²) in [4.78, 5) is 10.8. The van der Waals surface area contributed by atoms with E-state index in [1.165, 1.54) is 0 Å². The molecule has 0 fully saturated rings. The molecule has 0 spiro atoms. The molecule has 0 aliphatic rings. The molecular formula is C13H9FINO3. The van der Waals surface area contributed by atoms with Crippen molar-refractivity contribution < 1.29 is 19.0 Å². The number of carboxylic acids is 1. The number of hydrogen-bond donors (Lipinski definition) is 2. The van der Waals surface area contributed by atoms with Crippen LogP contribution in [0.15, 0.2) is 36.4 Å². The fraction of sp³-hybridized carbons (Fsp3) is 0. The van der Waals surface area contributed by atoms with Gasteiger partial charge in [-0.15, -0.1) is 0 Å². The molecule has 4 nitrogen and oxygen atoms in total. The number of anilines is 1. The second kappa shape index (κ2) is 5.43. The van der Waals surface area contributed by atoms with Crippen molar-refractivity contribution in [3.63, 3.8) is 0 Å². The maximum Gasteiger partial charge on any atom is 0.338 e. The van der Waals surface area contributed by atoms with Crippen molar-refractivity contribution >= 4 is 34.2 Å². The number of halogens is 2. The van der Waals surface area contributed by atoms with Crippen molar-refractivity contribution in [2.24, 2.45) is 0 Å². The van der Waals surface area contributed by atoms with Gasteiger partial charge in [0.05, 0.1) is 11.3 Å². The highest BCUT2D eigenvalue weighted by Gasteiger charge is 2.15. The van der Waals surface area contributed by atoms with Gasteiger partial charge in [-0.25, -0.2) is 9.18 Å². The highest BCUT2D eigenvalue weighted by Crippen LogP contribution is 2.30. The van der Waals surface area contributed by atoms with Crippen LogP contribution in [0.4, 0.5) is 10.1 Å². The molecule has 0 saturated heterocycles. The van der Waals surface area contributed by atoms with Crippen molar-refractivity contribution in [2.45, 2.75) is 0 Å². The average molecular weight is 373 g/mol. The molecule has 2 rings (SSSR count). The van der Waals surface area contributed by atoms with Crippen LogP contribution in [-0.4, -0.2) is 11.1 Å². The Morgan fingerprint density at radius 1 is 1.32 bits per heavy atom. The van der Waals surface area contributed by atoms with Crippen LogP contribution >= 0.6 is 22.6 Å². The topological polar surface area (TPSA) is 72.6 Å². The van der Waals surface area contributed by atoms with E-state index in [0.29, 0.717) is 5.75 Å². The van der Waals surface area contributed by atoms with E-state index >= 15 is 0 Å². The summed E-state index contributed by atoms with van der Waals surface area (Å²) < 4.78 is 19.9. The van der Waals surface area contributed by atoms with Crippen molar-refractivity contribution in [1.82, 2.24) is 0 Å². The Hall–Kier alpha value is -1.83. The minimum atomic E-state index is -1.37. The lowest BCUT2D eigenvalue weighted by Gasteiger charge is -2.10. The Labute approximate surface area is 122 Å². The molecule has 2 aromatic rings. The first-order chi connectivity index (χ1) is 8.97. The van der Waals surface area contributed by atoms with E-state index in [-0.39, 0.29) is 11.4 Å². The summed E-state index contributed by atoms with van der Waals surface area (Å²) in [5.41, 5.74) is 5.25. The smallest absolute Gasteiger partial charge is 0.338 e. The zero-order chi connectivity index (χ0) is 14.0. The Morgan fingerprint density at radius 2 is 2.05 bits per heavy atom. The van der Waals surface area contributed by atoms with E-state index in [2.05, 4.69) is 22.6 Å². The highest BCUT2D eigenvalue weighted by atomic mass is 127. The van der Waals surface area contributed by atoms with Gasteiger partial charge in [-0.2, -0.15) is 0 Å². The molecule has 0 aliphatic carbocycles. The van der Waals surface area contributed by atoms with Crippen molar-refractivity contribution in [3.8, 4) is 11.5 Å². The number of nitrogens with two attached hydrogens (primary N) is 1. The molecule has 19 heavy (non-hydrogen) atoms. The minimum Gasteiger partial charge on any atom is -0.478 e. The molecule has 98 valence electrons. The van der Waals surface area contributed by atoms with Gasteiger partial charge >= 0.3 is 5.97 Å². The number of ether oxygens (including phenoxy) is 1. The van der Waals surface area contributed by atoms with Gasteiger partial charge in [0.25, 0.3) is 0 Å². The van der Waals surface area contributed by atoms with Crippen LogP contribution in [0.25, 0.3) is 0 Å². The summed E-state index contributed by atoms with van der Waals surface area (Å²) in [6.07, 6.45) is 0. The van der Waals surface area contributed by atoms with E-state index < -0.39 is 17.3 Å². The van der Waals surface area contributed by atoms with Gasteiger partial charge in [-0.3, -0.25) is 0 Å². The second-order valence-corrected chi connectivity index (χ2v) is 4.98. The molecule has 0 heterocycles. The molecule has 0 bridgehead atoms. The van der Waals surface area contributed by atoms with E-state index in [4.69, 9.17) is 15.6 Å². The highest BCUT2D eigenvalue weighted by molar-refractivity contribution is 14.1. The predicted octanol–water partition coefficient (Wildman–Crippen LogP) is 3.50. The maximum atomic E-state index is 13.5. The molecule has 0 saturated carbocycles. The van der Waals surface area contributed by atoms with Crippen LogP contribution in [0.5, 0.6) is 11.5 Å². The van der Waals surface area contributed by atoms with Crippen LogP contribution in [0.2, 0.25) is 0 Å². The van der Waals surface area contributed by atoms with Gasteiger partial charge in [-0.1, -0.05) is 6.07 Å². The van der Waals surface area contributed by atoms with Gasteiger partial charge in [0.15, 0.2) is 5.75 Å². The monoisotopic (exact) mass is 373 g/mol. The summed E-state index contributed by atoms with van der Waals surface area (Å²) in [5.74, 6) is -1.67. The van der Waals surface area contributed by atoms with Crippen LogP contribution < -0.4 is 10.5 Å². The number of aromatic carboxylic acids is 1. The lowest BCUT2D eigenvalue weighted by molar-refractivity contribution is 0.0692. The average Bonchev–Trinajstić information content (AvgIpc) is 2.33. The van der Waals surface area contributed by atoms with E-state index in [1.807, 2.05) is 6.07 Å². The van der Waals surface area contributed by atoms with Crippen LogP contribution in [0.3, 0.4) is 0 Å². The van der Waals surface area contributed by atoms with E-state index in [9.17, 15) is 9.18 Å². The third-order valence-electron chi connectivity index (χ3n) is 2.35. The number of carboxylic acid groups (broad SMARTS) is 1. The van der Waals surface area contributed by atoms with Crippen molar-refractivity contribution in [3.05, 3.63) is 51.3 Å². The maximum absolute atomic E-state index is 13.5. The van der Waals surface area contributed by atoms with Crippen molar-refractivity contribution in [2.75, 3.05) is 5.73 Å². The summed E-state index contributed by atoms with van der Waals surface area (Å²) in [6.45, 7) is 0. The molecule has 0 amide bonds. The number of hydrogen-bond acceptors (Lipinski definition) is 3. The fourth-order valence-electron chi connectivity index (χ4n) is 1.48. The van der Waals surface area contributed by atoms with E-state index in [1.54, 1.807) is 18.2 Å². The predicted molar refractivity (Wildman–Crippen MR) is 77.0 cm³/mol. The number of carbonyl (C=O) groups is 1. The van der Waals surface area contributed by atoms with Gasteiger partial charge in [-0.05, 0) is 46.9 Å². The molecule has 6 heteroatoms. The zero-order valence-electron chi connectivity index (χ0n) is 9.56. The molecular weight excluding hydrogens is 364 g/mol. The van der Waals surface area contributed by atoms with Crippen molar-refractivity contribution in [1.29, 1.82) is 0 Å². The third-order valence-corrected chi connectivity index (χ3v) is 3.02. The summed E-state index contributed by atoms with van der Waals surface area (Å²) >= 11 is 2.11. The van der Waals surface area contributed by atoms with Gasteiger partial charge in [0, 0.05) is 9.64 Å². The Kier molecular flexibility index (Phi) is 3.89. The normalized spacial score (nSPS) is 10.2. The number of nitrogen functional groups attached to an aromatic ring is 1.